The van der Waals surface area contributed by atoms with Gasteiger partial charge >= 0.3 is 0 Å². The molecule has 1 amide bonds. The zero-order valence-electron chi connectivity index (χ0n) is 11.2. The van der Waals surface area contributed by atoms with Gasteiger partial charge in [-0.25, -0.2) is 0 Å². The maximum atomic E-state index is 12.1. The minimum Gasteiger partial charge on any atom is -0.480 e. The van der Waals surface area contributed by atoms with E-state index in [2.05, 4.69) is 5.32 Å². The van der Waals surface area contributed by atoms with Crippen LogP contribution in [0.25, 0.3) is 0 Å². The molecule has 3 rings (SSSR count). The highest BCUT2D eigenvalue weighted by Gasteiger charge is 2.25. The number of para-hydroxylation sites is 1. The molecule has 3 nitrogen and oxygen atoms in total. The maximum Gasteiger partial charge on any atom is 0.261 e. The summed E-state index contributed by atoms with van der Waals surface area (Å²) < 4.78 is 5.77. The number of amides is 1. The Labute approximate surface area is 118 Å². The molecule has 20 heavy (non-hydrogen) atoms. The van der Waals surface area contributed by atoms with Gasteiger partial charge in [-0.15, -0.1) is 0 Å². The van der Waals surface area contributed by atoms with Crippen molar-refractivity contribution < 1.29 is 9.53 Å². The molecule has 102 valence electrons. The summed E-state index contributed by atoms with van der Waals surface area (Å²) in [7, 11) is 0. The molecule has 1 heterocycles. The normalized spacial score (nSPS) is 16.9. The first-order chi connectivity index (χ1) is 9.83. The summed E-state index contributed by atoms with van der Waals surface area (Å²) in [6.45, 7) is 0.543. The number of hydrogen-bond acceptors (Lipinski definition) is 2. The third kappa shape index (κ3) is 2.82. The van der Waals surface area contributed by atoms with Crippen LogP contribution >= 0.6 is 0 Å². The first-order valence-electron chi connectivity index (χ1n) is 6.89. The molecular formula is C17H17NO2. The van der Waals surface area contributed by atoms with Gasteiger partial charge in [-0.3, -0.25) is 4.79 Å². The van der Waals surface area contributed by atoms with Crippen LogP contribution in [0.3, 0.4) is 0 Å². The van der Waals surface area contributed by atoms with Crippen molar-refractivity contribution in [1.29, 1.82) is 0 Å². The van der Waals surface area contributed by atoms with Gasteiger partial charge < -0.3 is 10.1 Å². The van der Waals surface area contributed by atoms with Crippen molar-refractivity contribution in [2.45, 2.75) is 25.5 Å². The Bertz CT molecular complexity index is 595. The number of rotatable bonds is 3. The van der Waals surface area contributed by atoms with Crippen LogP contribution in [0.15, 0.2) is 54.6 Å². The van der Waals surface area contributed by atoms with Crippen LogP contribution in [0.4, 0.5) is 0 Å². The summed E-state index contributed by atoms with van der Waals surface area (Å²) in [5, 5.41) is 2.94. The smallest absolute Gasteiger partial charge is 0.261 e. The van der Waals surface area contributed by atoms with E-state index in [0.29, 0.717) is 6.54 Å². The van der Waals surface area contributed by atoms with Crippen molar-refractivity contribution in [3.05, 3.63) is 65.7 Å². The highest BCUT2D eigenvalue weighted by molar-refractivity contribution is 5.81. The van der Waals surface area contributed by atoms with E-state index < -0.39 is 0 Å². The second-order valence-corrected chi connectivity index (χ2v) is 4.96. The summed E-state index contributed by atoms with van der Waals surface area (Å²) in [5.74, 6) is 0.793. The molecule has 1 aliphatic heterocycles. The molecular weight excluding hydrogens is 250 g/mol. The molecule has 0 radical (unpaired) electrons. The average Bonchev–Trinajstić information content (AvgIpc) is 2.53. The topological polar surface area (TPSA) is 38.3 Å². The Morgan fingerprint density at radius 3 is 2.70 bits per heavy atom. The number of ether oxygens (including phenoxy) is 1. The molecule has 0 aliphatic carbocycles. The molecule has 0 fully saturated rings. The second kappa shape index (κ2) is 5.78. The van der Waals surface area contributed by atoms with Crippen LogP contribution in [-0.2, 0) is 17.8 Å². The van der Waals surface area contributed by atoms with E-state index >= 15 is 0 Å². The molecule has 0 saturated carbocycles. The van der Waals surface area contributed by atoms with Gasteiger partial charge in [0.15, 0.2) is 6.10 Å². The monoisotopic (exact) mass is 267 g/mol. The average molecular weight is 267 g/mol. The molecule has 1 unspecified atom stereocenters. The van der Waals surface area contributed by atoms with Crippen molar-refractivity contribution in [3.8, 4) is 5.75 Å². The quantitative estimate of drug-likeness (QED) is 0.928. The first kappa shape index (κ1) is 12.7. The second-order valence-electron chi connectivity index (χ2n) is 4.96. The number of aryl methyl sites for hydroxylation is 1. The van der Waals surface area contributed by atoms with Gasteiger partial charge in [-0.2, -0.15) is 0 Å². The van der Waals surface area contributed by atoms with E-state index in [1.807, 2.05) is 54.6 Å². The van der Waals surface area contributed by atoms with Crippen molar-refractivity contribution >= 4 is 5.91 Å². The van der Waals surface area contributed by atoms with Gasteiger partial charge in [0.05, 0.1) is 0 Å². The zero-order valence-corrected chi connectivity index (χ0v) is 11.2. The molecule has 0 bridgehead atoms. The van der Waals surface area contributed by atoms with Gasteiger partial charge in [-0.1, -0.05) is 48.5 Å². The number of carbonyl (C=O) groups is 1. The van der Waals surface area contributed by atoms with Crippen molar-refractivity contribution in [1.82, 2.24) is 5.32 Å². The Balaban J connectivity index is 1.59. The van der Waals surface area contributed by atoms with Gasteiger partial charge in [0.2, 0.25) is 0 Å². The summed E-state index contributed by atoms with van der Waals surface area (Å²) in [6.07, 6.45) is 1.24. The number of fused-ring (bicyclic) bond motifs is 1. The minimum absolute atomic E-state index is 0.0386. The highest BCUT2D eigenvalue weighted by Crippen LogP contribution is 2.27. The molecule has 0 spiro atoms. The lowest BCUT2D eigenvalue weighted by molar-refractivity contribution is -0.128. The van der Waals surface area contributed by atoms with E-state index in [0.717, 1.165) is 24.2 Å². The maximum absolute atomic E-state index is 12.1. The van der Waals surface area contributed by atoms with Crippen molar-refractivity contribution in [3.63, 3.8) is 0 Å². The van der Waals surface area contributed by atoms with Gasteiger partial charge in [-0.05, 0) is 30.0 Å². The van der Waals surface area contributed by atoms with E-state index in [1.165, 1.54) is 5.56 Å². The van der Waals surface area contributed by atoms with E-state index in [4.69, 9.17) is 4.74 Å². The minimum atomic E-state index is -0.381. The lowest BCUT2D eigenvalue weighted by Crippen LogP contribution is -2.40. The fraction of sp³-hybridized carbons (Fsp3) is 0.235. The predicted molar refractivity (Wildman–Crippen MR) is 77.5 cm³/mol. The molecule has 0 saturated heterocycles. The van der Waals surface area contributed by atoms with Crippen LogP contribution in [0.1, 0.15) is 17.5 Å². The molecule has 1 N–H and O–H groups in total. The van der Waals surface area contributed by atoms with Crippen molar-refractivity contribution in [2.75, 3.05) is 0 Å². The molecule has 3 heteroatoms. The zero-order chi connectivity index (χ0) is 13.8. The van der Waals surface area contributed by atoms with Crippen LogP contribution < -0.4 is 10.1 Å². The fourth-order valence-electron chi connectivity index (χ4n) is 2.41. The lowest BCUT2D eigenvalue weighted by Gasteiger charge is -2.25. The number of nitrogens with one attached hydrogen (secondary N) is 1. The fourth-order valence-corrected chi connectivity index (χ4v) is 2.41. The predicted octanol–water partition coefficient (Wildman–Crippen LogP) is 2.70. The SMILES string of the molecule is O=C(NCc1ccccc1)C1CCc2ccccc2O1. The highest BCUT2D eigenvalue weighted by atomic mass is 16.5. The molecule has 0 aromatic heterocycles. The van der Waals surface area contributed by atoms with Crippen molar-refractivity contribution in [2.24, 2.45) is 0 Å². The Morgan fingerprint density at radius 2 is 1.85 bits per heavy atom. The number of carbonyl (C=O) groups excluding carboxylic acids is 1. The Kier molecular flexibility index (Phi) is 3.68. The van der Waals surface area contributed by atoms with Gasteiger partial charge in [0, 0.05) is 6.54 Å². The first-order valence-corrected chi connectivity index (χ1v) is 6.89. The largest absolute Gasteiger partial charge is 0.480 e. The van der Waals surface area contributed by atoms with E-state index in [9.17, 15) is 4.79 Å². The van der Waals surface area contributed by atoms with Crippen LogP contribution in [0.2, 0.25) is 0 Å². The Morgan fingerprint density at radius 1 is 1.10 bits per heavy atom. The summed E-state index contributed by atoms with van der Waals surface area (Å²) in [6, 6.07) is 17.8. The Hall–Kier alpha value is -2.29. The van der Waals surface area contributed by atoms with Crippen LogP contribution in [0.5, 0.6) is 5.75 Å². The number of benzene rings is 2. The van der Waals surface area contributed by atoms with Crippen LogP contribution in [0, 0.1) is 0 Å². The molecule has 2 aromatic rings. The summed E-state index contributed by atoms with van der Waals surface area (Å²) in [5.41, 5.74) is 2.27. The summed E-state index contributed by atoms with van der Waals surface area (Å²) >= 11 is 0. The third-order valence-electron chi connectivity index (χ3n) is 3.52. The van der Waals surface area contributed by atoms with E-state index in [1.54, 1.807) is 0 Å². The van der Waals surface area contributed by atoms with E-state index in [-0.39, 0.29) is 12.0 Å². The number of hydrogen-bond donors (Lipinski definition) is 1. The molecule has 2 aromatic carbocycles. The molecule has 1 aliphatic rings. The third-order valence-corrected chi connectivity index (χ3v) is 3.52. The lowest BCUT2D eigenvalue weighted by atomic mass is 10.0. The van der Waals surface area contributed by atoms with Crippen LogP contribution in [-0.4, -0.2) is 12.0 Å². The standard InChI is InChI=1S/C17H17NO2/c19-17(18-12-13-6-2-1-3-7-13)16-11-10-14-8-4-5-9-15(14)20-16/h1-9,16H,10-12H2,(H,18,19). The van der Waals surface area contributed by atoms with Gasteiger partial charge in [0.25, 0.3) is 5.91 Å². The summed E-state index contributed by atoms with van der Waals surface area (Å²) in [4.78, 5) is 12.1. The molecule has 1 atom stereocenters. The van der Waals surface area contributed by atoms with Gasteiger partial charge in [0.1, 0.15) is 5.75 Å².